The lowest BCUT2D eigenvalue weighted by Gasteiger charge is -2.52. The highest BCUT2D eigenvalue weighted by atomic mass is 15.5. The molecule has 1 aromatic heterocycles. The van der Waals surface area contributed by atoms with E-state index in [9.17, 15) is 0 Å². The van der Waals surface area contributed by atoms with Gasteiger partial charge in [-0.25, -0.2) is 0 Å². The molecular weight excluding hydrogens is 873 g/mol. The minimum absolute atomic E-state index is 0.0142. The predicted molar refractivity (Wildman–Crippen MR) is 299 cm³/mol. The van der Waals surface area contributed by atoms with Gasteiger partial charge in [0.25, 0.3) is 0 Å². The second kappa shape index (κ2) is 15.7. The van der Waals surface area contributed by atoms with Crippen LogP contribution in [0, 0.1) is 5.92 Å². The third kappa shape index (κ3) is 5.96. The number of nitrogens with one attached hydrogen (secondary N) is 1. The van der Waals surface area contributed by atoms with Crippen molar-refractivity contribution in [3.05, 3.63) is 262 Å². The zero-order valence-electron chi connectivity index (χ0n) is 40.1. The summed E-state index contributed by atoms with van der Waals surface area (Å²) in [6.07, 6.45) is 18.4. The first-order valence-electron chi connectivity index (χ1n) is 26.2. The second-order valence-corrected chi connectivity index (χ2v) is 21.0. The summed E-state index contributed by atoms with van der Waals surface area (Å²) >= 11 is 0. The van der Waals surface area contributed by atoms with Gasteiger partial charge in [0.05, 0.1) is 11.7 Å². The van der Waals surface area contributed by atoms with Crippen LogP contribution in [0.25, 0.3) is 66.5 Å². The number of fused-ring (bicyclic) bond motifs is 13. The van der Waals surface area contributed by atoms with E-state index in [0.29, 0.717) is 5.92 Å². The van der Waals surface area contributed by atoms with E-state index in [0.717, 1.165) is 38.5 Å². The fraction of sp³-hybridized carbons (Fsp3) is 0.147. The maximum Gasteiger partial charge on any atom is 0.109 e. The molecule has 344 valence electrons. The zero-order valence-corrected chi connectivity index (χ0v) is 40.1. The molecule has 1 saturated heterocycles. The minimum atomic E-state index is -0.0170. The molecule has 3 heterocycles. The van der Waals surface area contributed by atoms with Gasteiger partial charge in [0.15, 0.2) is 0 Å². The van der Waals surface area contributed by atoms with Crippen molar-refractivity contribution in [1.29, 1.82) is 0 Å². The van der Waals surface area contributed by atoms with Crippen LogP contribution in [-0.2, 0) is 25.7 Å². The number of nitrogens with zero attached hydrogens (tertiary/aromatic N) is 3. The summed E-state index contributed by atoms with van der Waals surface area (Å²) in [6.45, 7) is 0. The highest BCUT2D eigenvalue weighted by Gasteiger charge is 2.43. The minimum Gasteiger partial charge on any atom is -0.337 e. The molecule has 6 aliphatic rings. The Morgan fingerprint density at radius 3 is 2.18 bits per heavy atom. The number of hydrogen-bond donors (Lipinski definition) is 1. The molecule has 0 amide bonds. The third-order valence-corrected chi connectivity index (χ3v) is 17.2. The Balaban J connectivity index is 0.819. The van der Waals surface area contributed by atoms with Gasteiger partial charge in [-0.15, -0.1) is 0 Å². The number of hydrogen-bond acceptors (Lipinski definition) is 3. The zero-order chi connectivity index (χ0) is 47.0. The Labute approximate surface area is 420 Å². The quantitative estimate of drug-likeness (QED) is 0.186. The van der Waals surface area contributed by atoms with Crippen LogP contribution in [0.15, 0.2) is 217 Å². The Kier molecular flexibility index (Phi) is 8.82. The maximum atomic E-state index is 4.12. The highest BCUT2D eigenvalue weighted by Crippen LogP contribution is 2.54. The summed E-state index contributed by atoms with van der Waals surface area (Å²) in [5.74, 6) is 0.297. The third-order valence-electron chi connectivity index (χ3n) is 17.2. The van der Waals surface area contributed by atoms with Gasteiger partial charge in [0.1, 0.15) is 12.3 Å². The predicted octanol–water partition coefficient (Wildman–Crippen LogP) is 16.1. The largest absolute Gasteiger partial charge is 0.337 e. The van der Waals surface area contributed by atoms with Gasteiger partial charge in [0, 0.05) is 62.4 Å². The van der Waals surface area contributed by atoms with Crippen LogP contribution in [0.5, 0.6) is 0 Å². The van der Waals surface area contributed by atoms with Crippen LogP contribution in [0.3, 0.4) is 0 Å². The summed E-state index contributed by atoms with van der Waals surface area (Å²) in [6, 6.07) is 69.1. The van der Waals surface area contributed by atoms with Gasteiger partial charge in [-0.3, -0.25) is 5.32 Å². The molecule has 16 rings (SSSR count). The van der Waals surface area contributed by atoms with E-state index in [1.807, 2.05) is 0 Å². The lowest BCUT2D eigenvalue weighted by atomic mass is 9.82. The first-order valence-corrected chi connectivity index (χ1v) is 26.2. The van der Waals surface area contributed by atoms with E-state index in [-0.39, 0.29) is 18.4 Å². The first-order chi connectivity index (χ1) is 35.7. The van der Waals surface area contributed by atoms with Crippen LogP contribution in [0.4, 0.5) is 11.4 Å². The topological polar surface area (TPSA) is 23.4 Å². The lowest BCUT2D eigenvalue weighted by molar-refractivity contribution is 0.277. The van der Waals surface area contributed by atoms with Crippen LogP contribution in [-0.4, -0.2) is 4.57 Å². The lowest BCUT2D eigenvalue weighted by Crippen LogP contribution is -2.57. The van der Waals surface area contributed by atoms with Crippen molar-refractivity contribution >= 4 is 66.7 Å². The Hall–Kier alpha value is -8.18. The van der Waals surface area contributed by atoms with E-state index in [2.05, 4.69) is 232 Å². The number of benzene rings is 9. The molecule has 4 atom stereocenters. The van der Waals surface area contributed by atoms with Crippen molar-refractivity contribution < 1.29 is 0 Å². The maximum absolute atomic E-state index is 4.12. The molecule has 10 aromatic rings. The van der Waals surface area contributed by atoms with E-state index in [4.69, 9.17) is 0 Å². The van der Waals surface area contributed by atoms with Crippen molar-refractivity contribution in [1.82, 2.24) is 9.88 Å². The molecular formula is C68H52N4. The molecule has 72 heavy (non-hydrogen) atoms. The Morgan fingerprint density at radius 2 is 1.26 bits per heavy atom. The molecule has 4 aliphatic carbocycles. The van der Waals surface area contributed by atoms with Crippen molar-refractivity contribution in [3.63, 3.8) is 0 Å². The monoisotopic (exact) mass is 924 g/mol. The molecule has 0 spiro atoms. The average Bonchev–Trinajstić information content (AvgIpc) is 3.94. The van der Waals surface area contributed by atoms with E-state index < -0.39 is 0 Å². The highest BCUT2D eigenvalue weighted by molar-refractivity contribution is 6.03. The molecule has 4 unspecified atom stereocenters. The number of rotatable bonds is 5. The second-order valence-electron chi connectivity index (χ2n) is 21.0. The van der Waals surface area contributed by atoms with Crippen LogP contribution < -0.4 is 15.1 Å². The molecule has 4 heteroatoms. The van der Waals surface area contributed by atoms with Crippen molar-refractivity contribution in [2.75, 3.05) is 9.80 Å². The van der Waals surface area contributed by atoms with Gasteiger partial charge in [-0.1, -0.05) is 176 Å². The fourth-order valence-electron chi connectivity index (χ4n) is 14.0. The van der Waals surface area contributed by atoms with E-state index in [1.165, 1.54) is 127 Å². The van der Waals surface area contributed by atoms with Crippen molar-refractivity contribution in [2.45, 2.75) is 56.9 Å². The molecule has 9 aromatic carbocycles. The van der Waals surface area contributed by atoms with Crippen LogP contribution in [0.1, 0.15) is 75.9 Å². The molecule has 0 saturated carbocycles. The molecule has 0 radical (unpaired) electrons. The SMILES string of the molecule is C1=Cc2c(cc(N3C(c4ccc5ccccc5c4)NC3c3ccc4c(N5C6=Cc7ccccc7CC6C6=C5CC(n5c7c(c8ccccc85)-c5ccccc5CC7)C=C6)cccc4c3)c3ccccc23)CC1. The average molecular weight is 925 g/mol. The normalized spacial score (nSPS) is 20.5. The molecule has 0 bridgehead atoms. The van der Waals surface area contributed by atoms with Crippen LogP contribution >= 0.6 is 0 Å². The van der Waals surface area contributed by atoms with Gasteiger partial charge >= 0.3 is 0 Å². The molecule has 1 N–H and O–H groups in total. The molecule has 1 fully saturated rings. The smallest absolute Gasteiger partial charge is 0.109 e. The number of allylic oxidation sites excluding steroid dienone is 5. The van der Waals surface area contributed by atoms with Gasteiger partial charge in [-0.05, 0) is 140 Å². The first kappa shape index (κ1) is 40.5. The van der Waals surface area contributed by atoms with E-state index >= 15 is 0 Å². The van der Waals surface area contributed by atoms with Crippen molar-refractivity contribution in [3.8, 4) is 11.1 Å². The molecule has 2 aliphatic heterocycles. The number of aromatic nitrogens is 1. The van der Waals surface area contributed by atoms with Crippen molar-refractivity contribution in [2.24, 2.45) is 5.92 Å². The summed E-state index contributed by atoms with van der Waals surface area (Å²) in [5.41, 5.74) is 22.1. The summed E-state index contributed by atoms with van der Waals surface area (Å²) in [7, 11) is 0. The number of aryl methyl sites for hydroxylation is 2. The number of para-hydroxylation sites is 1. The summed E-state index contributed by atoms with van der Waals surface area (Å²) in [4.78, 5) is 5.36. The standard InChI is InChI=1S/C68H52N4/c1-2-16-44-36-49(29-28-42(44)14-1)67-69-68(72(67)63-40-48-19-6-7-21-52(48)55-23-9-10-24-56(55)63)50-30-33-53-47(37-50)20-13-27-60(53)71-64-39-46-18-4-3-17-45(46)38-59(64)57-34-32-51(41-65(57)71)70-61-26-12-11-25-58(61)66-54-22-8-5-15-43(54)31-35-62(66)70/h1-5,7-18,20-30,32-34,36-37,39-40,51,59,67-69H,6,19,31,35,38,41H2. The Bertz CT molecular complexity index is 4080. The van der Waals surface area contributed by atoms with E-state index in [1.54, 1.807) is 0 Å². The number of anilines is 2. The molecule has 4 nitrogen and oxygen atoms in total. The fourth-order valence-corrected chi connectivity index (χ4v) is 14.0. The summed E-state index contributed by atoms with van der Waals surface area (Å²) < 4.78 is 2.71. The van der Waals surface area contributed by atoms with Gasteiger partial charge in [-0.2, -0.15) is 0 Å². The van der Waals surface area contributed by atoms with Gasteiger partial charge < -0.3 is 14.4 Å². The Morgan fingerprint density at radius 1 is 0.514 bits per heavy atom. The van der Waals surface area contributed by atoms with Gasteiger partial charge in [0.2, 0.25) is 0 Å². The summed E-state index contributed by atoms with van der Waals surface area (Å²) in [5, 5.41) is 13.2. The van der Waals surface area contributed by atoms with Crippen LogP contribution in [0.2, 0.25) is 0 Å².